The van der Waals surface area contributed by atoms with Crippen LogP contribution in [0.2, 0.25) is 0 Å². The van der Waals surface area contributed by atoms with E-state index in [0.29, 0.717) is 0 Å². The van der Waals surface area contributed by atoms with Gasteiger partial charge in [0.2, 0.25) is 0 Å². The first-order valence-corrected chi connectivity index (χ1v) is 7.02. The molecule has 0 atom stereocenters. The summed E-state index contributed by atoms with van der Waals surface area (Å²) in [4.78, 5) is 13.5. The van der Waals surface area contributed by atoms with Crippen LogP contribution in [0.4, 0.5) is 0 Å². The molecule has 2 aromatic rings. The molecule has 0 spiro atoms. The molecule has 1 aliphatic heterocycles. The fraction of sp³-hybridized carbons (Fsp3) is 0.500. The van der Waals surface area contributed by atoms with Crippen molar-refractivity contribution in [3.8, 4) is 5.82 Å². The topological polar surface area (TPSA) is 55.6 Å². The molecule has 2 aliphatic rings. The van der Waals surface area contributed by atoms with E-state index in [2.05, 4.69) is 24.8 Å². The van der Waals surface area contributed by atoms with Crippen molar-refractivity contribution in [2.45, 2.75) is 38.6 Å². The SMILES string of the molecule is c1nc2c(c(-n3cnc4c3CCCC4)n1)CNCC2. The molecule has 1 N–H and O–H groups in total. The Labute approximate surface area is 112 Å². The lowest BCUT2D eigenvalue weighted by Gasteiger charge is -2.20. The third-order valence-corrected chi connectivity index (χ3v) is 4.11. The molecule has 5 heteroatoms. The van der Waals surface area contributed by atoms with Gasteiger partial charge in [-0.2, -0.15) is 0 Å². The van der Waals surface area contributed by atoms with Crippen LogP contribution in [0.15, 0.2) is 12.7 Å². The first kappa shape index (κ1) is 11.1. The fourth-order valence-corrected chi connectivity index (χ4v) is 3.11. The van der Waals surface area contributed by atoms with Gasteiger partial charge >= 0.3 is 0 Å². The summed E-state index contributed by atoms with van der Waals surface area (Å²) in [6.45, 7) is 1.87. The van der Waals surface area contributed by atoms with Crippen molar-refractivity contribution in [3.05, 3.63) is 35.3 Å². The summed E-state index contributed by atoms with van der Waals surface area (Å²) >= 11 is 0. The molecule has 0 amide bonds. The van der Waals surface area contributed by atoms with Gasteiger partial charge in [0.1, 0.15) is 18.5 Å². The van der Waals surface area contributed by atoms with Crippen LogP contribution in [-0.4, -0.2) is 26.1 Å². The second kappa shape index (κ2) is 4.42. The zero-order valence-corrected chi connectivity index (χ0v) is 10.9. The van der Waals surface area contributed by atoms with Gasteiger partial charge in [0.05, 0.1) is 11.4 Å². The third kappa shape index (κ3) is 1.76. The summed E-state index contributed by atoms with van der Waals surface area (Å²) in [5, 5.41) is 3.41. The number of aryl methyl sites for hydroxylation is 1. The first-order valence-electron chi connectivity index (χ1n) is 7.02. The van der Waals surface area contributed by atoms with E-state index in [1.165, 1.54) is 35.5 Å². The van der Waals surface area contributed by atoms with Crippen LogP contribution in [0.3, 0.4) is 0 Å². The summed E-state index contributed by atoms with van der Waals surface area (Å²) in [6.07, 6.45) is 9.34. The highest BCUT2D eigenvalue weighted by molar-refractivity contribution is 5.40. The van der Waals surface area contributed by atoms with Gasteiger partial charge in [-0.25, -0.2) is 15.0 Å². The third-order valence-electron chi connectivity index (χ3n) is 4.11. The van der Waals surface area contributed by atoms with Crippen molar-refractivity contribution < 1.29 is 0 Å². The highest BCUT2D eigenvalue weighted by Gasteiger charge is 2.21. The maximum Gasteiger partial charge on any atom is 0.146 e. The van der Waals surface area contributed by atoms with Crippen LogP contribution in [0.1, 0.15) is 35.5 Å². The van der Waals surface area contributed by atoms with Crippen molar-refractivity contribution in [1.29, 1.82) is 0 Å². The van der Waals surface area contributed by atoms with Crippen LogP contribution < -0.4 is 5.32 Å². The van der Waals surface area contributed by atoms with E-state index >= 15 is 0 Å². The van der Waals surface area contributed by atoms with Gasteiger partial charge < -0.3 is 5.32 Å². The summed E-state index contributed by atoms with van der Waals surface area (Å²) in [5.41, 5.74) is 5.02. The molecule has 98 valence electrons. The molecule has 0 fully saturated rings. The Morgan fingerprint density at radius 2 is 1.95 bits per heavy atom. The molecule has 4 rings (SSSR count). The monoisotopic (exact) mass is 255 g/mol. The van der Waals surface area contributed by atoms with E-state index in [0.717, 1.165) is 38.2 Å². The summed E-state index contributed by atoms with van der Waals surface area (Å²) < 4.78 is 2.18. The van der Waals surface area contributed by atoms with Crippen molar-refractivity contribution in [3.63, 3.8) is 0 Å². The van der Waals surface area contributed by atoms with Crippen molar-refractivity contribution in [2.24, 2.45) is 0 Å². The number of hydrogen-bond donors (Lipinski definition) is 1. The molecule has 0 aromatic carbocycles. The normalized spacial score (nSPS) is 17.9. The molecule has 19 heavy (non-hydrogen) atoms. The zero-order chi connectivity index (χ0) is 12.7. The lowest BCUT2D eigenvalue weighted by Crippen LogP contribution is -2.26. The van der Waals surface area contributed by atoms with E-state index in [1.54, 1.807) is 6.33 Å². The Balaban J connectivity index is 1.86. The largest absolute Gasteiger partial charge is 0.312 e. The zero-order valence-electron chi connectivity index (χ0n) is 10.9. The number of fused-ring (bicyclic) bond motifs is 2. The maximum absolute atomic E-state index is 4.56. The highest BCUT2D eigenvalue weighted by Crippen LogP contribution is 2.25. The van der Waals surface area contributed by atoms with E-state index < -0.39 is 0 Å². The number of aromatic nitrogens is 4. The molecule has 2 aromatic heterocycles. The maximum atomic E-state index is 4.56. The quantitative estimate of drug-likeness (QED) is 0.831. The highest BCUT2D eigenvalue weighted by atomic mass is 15.1. The summed E-state index contributed by atoms with van der Waals surface area (Å²) in [6, 6.07) is 0. The molecule has 0 unspecified atom stereocenters. The smallest absolute Gasteiger partial charge is 0.146 e. The Morgan fingerprint density at radius 1 is 1.00 bits per heavy atom. The Morgan fingerprint density at radius 3 is 2.95 bits per heavy atom. The molecule has 5 nitrogen and oxygen atoms in total. The average molecular weight is 255 g/mol. The van der Waals surface area contributed by atoms with E-state index in [1.807, 2.05) is 6.33 Å². The van der Waals surface area contributed by atoms with E-state index in [9.17, 15) is 0 Å². The van der Waals surface area contributed by atoms with Crippen LogP contribution in [-0.2, 0) is 25.8 Å². The number of imidazole rings is 1. The van der Waals surface area contributed by atoms with Crippen LogP contribution >= 0.6 is 0 Å². The van der Waals surface area contributed by atoms with Gasteiger partial charge in [0.25, 0.3) is 0 Å². The number of nitrogens with one attached hydrogen (secondary N) is 1. The lowest BCUT2D eigenvalue weighted by atomic mass is 10.0. The van der Waals surface area contributed by atoms with Crippen molar-refractivity contribution in [1.82, 2.24) is 24.8 Å². The first-order chi connectivity index (χ1) is 9.43. The minimum atomic E-state index is 0.860. The summed E-state index contributed by atoms with van der Waals surface area (Å²) in [5.74, 6) is 1.02. The molecule has 1 aliphatic carbocycles. The number of rotatable bonds is 1. The van der Waals surface area contributed by atoms with E-state index in [4.69, 9.17) is 0 Å². The predicted molar refractivity (Wildman–Crippen MR) is 71.2 cm³/mol. The fourth-order valence-electron chi connectivity index (χ4n) is 3.11. The van der Waals surface area contributed by atoms with E-state index in [-0.39, 0.29) is 0 Å². The van der Waals surface area contributed by atoms with Gasteiger partial charge in [0, 0.05) is 30.8 Å². The second-order valence-electron chi connectivity index (χ2n) is 5.26. The second-order valence-corrected chi connectivity index (χ2v) is 5.26. The van der Waals surface area contributed by atoms with Crippen molar-refractivity contribution in [2.75, 3.05) is 6.54 Å². The lowest BCUT2D eigenvalue weighted by molar-refractivity contribution is 0.614. The number of hydrogen-bond acceptors (Lipinski definition) is 4. The average Bonchev–Trinajstić information content (AvgIpc) is 2.90. The summed E-state index contributed by atoms with van der Waals surface area (Å²) in [7, 11) is 0. The van der Waals surface area contributed by atoms with Gasteiger partial charge in [-0.3, -0.25) is 4.57 Å². The Kier molecular flexibility index (Phi) is 2.58. The Hall–Kier alpha value is -1.75. The Bertz CT molecular complexity index is 616. The predicted octanol–water partition coefficient (Wildman–Crippen LogP) is 1.19. The molecule has 3 heterocycles. The standard InChI is InChI=1S/C14H17N5/c1-2-4-13-12(3-1)18-9-19(13)14-10-7-15-6-5-11(10)16-8-17-14/h8-9,15H,1-7H2. The van der Waals surface area contributed by atoms with Gasteiger partial charge in [-0.15, -0.1) is 0 Å². The molecule has 0 bridgehead atoms. The van der Waals surface area contributed by atoms with Crippen LogP contribution in [0.5, 0.6) is 0 Å². The van der Waals surface area contributed by atoms with Gasteiger partial charge in [-0.1, -0.05) is 0 Å². The minimum absolute atomic E-state index is 0.860. The number of nitrogens with zero attached hydrogens (tertiary/aromatic N) is 4. The van der Waals surface area contributed by atoms with Gasteiger partial charge in [0.15, 0.2) is 0 Å². The molecular formula is C14H17N5. The molecule has 0 radical (unpaired) electrons. The molecule has 0 saturated carbocycles. The van der Waals surface area contributed by atoms with Crippen molar-refractivity contribution >= 4 is 0 Å². The van der Waals surface area contributed by atoms with Crippen LogP contribution in [0, 0.1) is 0 Å². The van der Waals surface area contributed by atoms with Gasteiger partial charge in [-0.05, 0) is 25.7 Å². The molecular weight excluding hydrogens is 238 g/mol. The molecule has 0 saturated heterocycles. The van der Waals surface area contributed by atoms with Crippen LogP contribution in [0.25, 0.3) is 5.82 Å². The minimum Gasteiger partial charge on any atom is -0.312 e.